The summed E-state index contributed by atoms with van der Waals surface area (Å²) in [5.74, 6) is 0.0693. The summed E-state index contributed by atoms with van der Waals surface area (Å²) in [6.07, 6.45) is 2.39. The van der Waals surface area contributed by atoms with E-state index in [0.29, 0.717) is 11.4 Å². The lowest BCUT2D eigenvalue weighted by Gasteiger charge is -2.11. The Bertz CT molecular complexity index is 966. The number of anilines is 2. The molecule has 0 aliphatic carbocycles. The third-order valence-corrected chi connectivity index (χ3v) is 4.29. The van der Waals surface area contributed by atoms with Crippen molar-refractivity contribution < 1.29 is 18.7 Å². The lowest BCUT2D eigenvalue weighted by atomic mass is 10.1. The zero-order chi connectivity index (χ0) is 21.3. The zero-order valence-electron chi connectivity index (χ0n) is 17.1. The third-order valence-electron chi connectivity index (χ3n) is 4.29. The van der Waals surface area contributed by atoms with Crippen molar-refractivity contribution in [2.75, 3.05) is 37.9 Å². The molecule has 0 aliphatic rings. The summed E-state index contributed by atoms with van der Waals surface area (Å²) in [5, 5.41) is 5.53. The number of benzene rings is 2. The number of ether oxygens (including phenoxy) is 1. The first kappa shape index (κ1) is 21.1. The van der Waals surface area contributed by atoms with Crippen LogP contribution in [0.1, 0.15) is 16.1 Å². The van der Waals surface area contributed by atoms with Gasteiger partial charge in [-0.25, -0.2) is 0 Å². The number of likely N-dealkylation sites (N-methyl/N-ethyl adjacent to an activating group) is 1. The molecule has 0 unspecified atom stereocenters. The van der Waals surface area contributed by atoms with Crippen molar-refractivity contribution in [3.63, 3.8) is 0 Å². The molecule has 3 aromatic rings. The summed E-state index contributed by atoms with van der Waals surface area (Å²) >= 11 is 0. The number of rotatable bonds is 9. The molecule has 1 aromatic heterocycles. The van der Waals surface area contributed by atoms with Crippen molar-refractivity contribution in [3.05, 3.63) is 78.3 Å². The number of amides is 2. The smallest absolute Gasteiger partial charge is 0.291 e. The Balaban J connectivity index is 1.48. The molecule has 0 radical (unpaired) electrons. The Hall–Kier alpha value is -3.58. The lowest BCUT2D eigenvalue weighted by Crippen LogP contribution is -2.20. The van der Waals surface area contributed by atoms with E-state index in [1.54, 1.807) is 36.4 Å². The van der Waals surface area contributed by atoms with Crippen LogP contribution < -0.4 is 15.4 Å². The Labute approximate surface area is 175 Å². The van der Waals surface area contributed by atoms with Gasteiger partial charge in [0, 0.05) is 24.0 Å². The van der Waals surface area contributed by atoms with E-state index in [0.717, 1.165) is 18.7 Å². The van der Waals surface area contributed by atoms with Gasteiger partial charge in [0.05, 0.1) is 6.26 Å². The molecule has 0 aliphatic heterocycles. The van der Waals surface area contributed by atoms with Gasteiger partial charge in [-0.05, 0) is 62.5 Å². The topological polar surface area (TPSA) is 83.8 Å². The molecule has 7 heteroatoms. The number of carbonyl (C=O) groups is 2. The molecule has 2 aromatic carbocycles. The maximum atomic E-state index is 12.2. The molecule has 1 heterocycles. The second-order valence-electron chi connectivity index (χ2n) is 7.05. The van der Waals surface area contributed by atoms with Crippen molar-refractivity contribution in [1.29, 1.82) is 0 Å². The van der Waals surface area contributed by atoms with Gasteiger partial charge in [0.25, 0.3) is 11.8 Å². The van der Waals surface area contributed by atoms with Gasteiger partial charge in [0.2, 0.25) is 0 Å². The van der Waals surface area contributed by atoms with Crippen LogP contribution in [0.15, 0.2) is 71.3 Å². The van der Waals surface area contributed by atoms with Crippen LogP contribution in [0, 0.1) is 0 Å². The fourth-order valence-corrected chi connectivity index (χ4v) is 2.72. The van der Waals surface area contributed by atoms with Crippen molar-refractivity contribution in [1.82, 2.24) is 4.90 Å². The Morgan fingerprint density at radius 1 is 0.967 bits per heavy atom. The van der Waals surface area contributed by atoms with Crippen LogP contribution in [0.3, 0.4) is 0 Å². The summed E-state index contributed by atoms with van der Waals surface area (Å²) < 4.78 is 10.6. The molecule has 30 heavy (non-hydrogen) atoms. The fourth-order valence-electron chi connectivity index (χ4n) is 2.72. The van der Waals surface area contributed by atoms with E-state index in [1.807, 2.05) is 38.4 Å². The number of hydrogen-bond donors (Lipinski definition) is 2. The van der Waals surface area contributed by atoms with E-state index in [-0.39, 0.29) is 24.2 Å². The lowest BCUT2D eigenvalue weighted by molar-refractivity contribution is -0.118. The molecular formula is C23H25N3O4. The first-order valence-corrected chi connectivity index (χ1v) is 9.61. The highest BCUT2D eigenvalue weighted by Gasteiger charge is 2.10. The van der Waals surface area contributed by atoms with E-state index >= 15 is 0 Å². The minimum Gasteiger partial charge on any atom is -0.484 e. The Morgan fingerprint density at radius 2 is 1.77 bits per heavy atom. The number of carbonyl (C=O) groups excluding carboxylic acids is 2. The molecule has 0 spiro atoms. The van der Waals surface area contributed by atoms with Gasteiger partial charge >= 0.3 is 0 Å². The number of furan rings is 1. The Morgan fingerprint density at radius 3 is 2.47 bits per heavy atom. The number of nitrogens with zero attached hydrogens (tertiary/aromatic N) is 1. The maximum Gasteiger partial charge on any atom is 0.291 e. The zero-order valence-corrected chi connectivity index (χ0v) is 17.1. The van der Waals surface area contributed by atoms with Crippen molar-refractivity contribution >= 4 is 23.2 Å². The molecule has 0 bridgehead atoms. The summed E-state index contributed by atoms with van der Waals surface area (Å²) in [7, 11) is 4.08. The second-order valence-corrected chi connectivity index (χ2v) is 7.05. The highest BCUT2D eigenvalue weighted by Crippen LogP contribution is 2.18. The molecule has 156 valence electrons. The van der Waals surface area contributed by atoms with Gasteiger partial charge in [-0.2, -0.15) is 0 Å². The molecule has 7 nitrogen and oxygen atoms in total. The molecule has 3 rings (SSSR count). The molecule has 0 saturated heterocycles. The van der Waals surface area contributed by atoms with E-state index < -0.39 is 0 Å². The van der Waals surface area contributed by atoms with Crippen molar-refractivity contribution in [3.8, 4) is 5.75 Å². The summed E-state index contributed by atoms with van der Waals surface area (Å²) in [6, 6.07) is 17.8. The monoisotopic (exact) mass is 407 g/mol. The van der Waals surface area contributed by atoms with Crippen LogP contribution in [0.25, 0.3) is 0 Å². The molecule has 2 N–H and O–H groups in total. The minimum atomic E-state index is -0.357. The van der Waals surface area contributed by atoms with Crippen LogP contribution in [0.2, 0.25) is 0 Å². The Kier molecular flexibility index (Phi) is 7.24. The van der Waals surface area contributed by atoms with Crippen molar-refractivity contribution in [2.24, 2.45) is 0 Å². The average Bonchev–Trinajstić information content (AvgIpc) is 3.27. The summed E-state index contributed by atoms with van der Waals surface area (Å²) in [6.45, 7) is 0.832. The van der Waals surface area contributed by atoms with Gasteiger partial charge in [-0.3, -0.25) is 9.59 Å². The minimum absolute atomic E-state index is 0.141. The quantitative estimate of drug-likeness (QED) is 0.566. The summed E-state index contributed by atoms with van der Waals surface area (Å²) in [5.41, 5.74) is 2.48. The van der Waals surface area contributed by atoms with Crippen LogP contribution in [0.4, 0.5) is 11.4 Å². The molecule has 0 atom stereocenters. The maximum absolute atomic E-state index is 12.2. The fraction of sp³-hybridized carbons (Fsp3) is 0.217. The van der Waals surface area contributed by atoms with E-state index in [2.05, 4.69) is 15.5 Å². The standard InChI is InChI=1S/C23H25N3O4/c1-26(2)13-12-17-8-10-18(11-9-17)24-22(27)16-30-20-6-3-5-19(15-20)25-23(28)21-7-4-14-29-21/h3-11,14-15H,12-13,16H2,1-2H3,(H,24,27)(H,25,28). The van der Waals surface area contributed by atoms with E-state index in [9.17, 15) is 9.59 Å². The molecule has 0 saturated carbocycles. The van der Waals surface area contributed by atoms with Gasteiger partial charge in [-0.1, -0.05) is 18.2 Å². The first-order valence-electron chi connectivity index (χ1n) is 9.61. The van der Waals surface area contributed by atoms with Crippen LogP contribution >= 0.6 is 0 Å². The first-order chi connectivity index (χ1) is 14.5. The normalized spacial score (nSPS) is 10.6. The van der Waals surface area contributed by atoms with E-state index in [4.69, 9.17) is 9.15 Å². The average molecular weight is 407 g/mol. The van der Waals surface area contributed by atoms with Gasteiger partial charge < -0.3 is 24.7 Å². The SMILES string of the molecule is CN(C)CCc1ccc(NC(=O)COc2cccc(NC(=O)c3ccco3)c2)cc1. The van der Waals surface area contributed by atoms with Gasteiger partial charge in [0.1, 0.15) is 5.75 Å². The van der Waals surface area contributed by atoms with Gasteiger partial charge in [0.15, 0.2) is 12.4 Å². The highest BCUT2D eigenvalue weighted by atomic mass is 16.5. The largest absolute Gasteiger partial charge is 0.484 e. The van der Waals surface area contributed by atoms with Gasteiger partial charge in [-0.15, -0.1) is 0 Å². The summed E-state index contributed by atoms with van der Waals surface area (Å²) in [4.78, 5) is 26.4. The molecular weight excluding hydrogens is 382 g/mol. The molecule has 2 amide bonds. The third kappa shape index (κ3) is 6.49. The van der Waals surface area contributed by atoms with Crippen LogP contribution in [-0.2, 0) is 11.2 Å². The second kappa shape index (κ2) is 10.3. The van der Waals surface area contributed by atoms with Crippen LogP contribution in [-0.4, -0.2) is 44.0 Å². The van der Waals surface area contributed by atoms with Crippen LogP contribution in [0.5, 0.6) is 5.75 Å². The van der Waals surface area contributed by atoms with E-state index in [1.165, 1.54) is 11.8 Å². The predicted molar refractivity (Wildman–Crippen MR) is 116 cm³/mol. The van der Waals surface area contributed by atoms with Crippen molar-refractivity contribution in [2.45, 2.75) is 6.42 Å². The molecule has 0 fully saturated rings. The number of hydrogen-bond acceptors (Lipinski definition) is 5. The number of nitrogens with one attached hydrogen (secondary N) is 2. The highest BCUT2D eigenvalue weighted by molar-refractivity contribution is 6.02. The predicted octanol–water partition coefficient (Wildman–Crippen LogP) is 3.65.